The second-order valence-electron chi connectivity index (χ2n) is 7.59. The summed E-state index contributed by atoms with van der Waals surface area (Å²) < 4.78 is 0. The van der Waals surface area contributed by atoms with Gasteiger partial charge >= 0.3 is 0 Å². The van der Waals surface area contributed by atoms with Crippen molar-refractivity contribution in [3.05, 3.63) is 83.3 Å². The van der Waals surface area contributed by atoms with Crippen molar-refractivity contribution in [1.82, 2.24) is 15.0 Å². The minimum Gasteiger partial charge on any atom is -0.361 e. The molecule has 1 aliphatic rings. The highest BCUT2D eigenvalue weighted by atomic mass is 16.2. The smallest absolute Gasteiger partial charge is 0.277 e. The van der Waals surface area contributed by atoms with Crippen LogP contribution in [0.4, 0.5) is 11.6 Å². The Labute approximate surface area is 175 Å². The number of para-hydroxylation sites is 2. The Kier molecular flexibility index (Phi) is 4.67. The Morgan fingerprint density at radius 2 is 1.97 bits per heavy atom. The number of aromatic nitrogens is 3. The molecule has 1 amide bonds. The number of H-pyrrole nitrogens is 1. The average Bonchev–Trinajstić information content (AvgIpc) is 3.37. The summed E-state index contributed by atoms with van der Waals surface area (Å²) >= 11 is 0. The number of hydrogen-bond acceptors (Lipinski definition) is 4. The molecule has 0 fully saturated rings. The van der Waals surface area contributed by atoms with Crippen molar-refractivity contribution >= 4 is 28.4 Å². The zero-order valence-electron chi connectivity index (χ0n) is 16.9. The molecule has 2 aromatic heterocycles. The molecule has 0 unspecified atom stereocenters. The lowest BCUT2D eigenvalue weighted by Gasteiger charge is -2.17. The minimum atomic E-state index is -0.0786. The van der Waals surface area contributed by atoms with Crippen LogP contribution in [0, 0.1) is 6.92 Å². The van der Waals surface area contributed by atoms with Crippen molar-refractivity contribution in [2.45, 2.75) is 19.8 Å². The van der Waals surface area contributed by atoms with Crippen LogP contribution in [0.3, 0.4) is 0 Å². The summed E-state index contributed by atoms with van der Waals surface area (Å²) in [6.45, 7) is 3.26. The summed E-state index contributed by atoms with van der Waals surface area (Å²) in [5.74, 6) is 0.413. The van der Waals surface area contributed by atoms with Gasteiger partial charge in [-0.2, -0.15) is 0 Å². The van der Waals surface area contributed by atoms with Gasteiger partial charge in [0, 0.05) is 41.6 Å². The van der Waals surface area contributed by atoms with Gasteiger partial charge in [0.15, 0.2) is 0 Å². The third kappa shape index (κ3) is 3.41. The number of nitrogens with one attached hydrogen (secondary N) is 2. The number of hydrogen-bond donors (Lipinski definition) is 2. The van der Waals surface area contributed by atoms with Gasteiger partial charge in [-0.25, -0.2) is 9.97 Å². The molecule has 2 N–H and O–H groups in total. The van der Waals surface area contributed by atoms with E-state index in [2.05, 4.69) is 38.5 Å². The SMILES string of the molecule is Cc1cc(C(=O)N2CCc3ccccc32)nc(NCCc2c[nH]c3ccccc23)n1. The molecule has 30 heavy (non-hydrogen) atoms. The molecule has 150 valence electrons. The molecular weight excluding hydrogens is 374 g/mol. The van der Waals surface area contributed by atoms with Crippen molar-refractivity contribution in [2.24, 2.45) is 0 Å². The number of rotatable bonds is 5. The number of aromatic amines is 1. The van der Waals surface area contributed by atoms with Gasteiger partial charge < -0.3 is 15.2 Å². The normalized spacial score (nSPS) is 12.9. The lowest BCUT2D eigenvalue weighted by molar-refractivity contribution is 0.0984. The molecular formula is C24H23N5O. The molecule has 0 bridgehead atoms. The number of anilines is 2. The number of nitrogens with zero attached hydrogens (tertiary/aromatic N) is 3. The fourth-order valence-corrected chi connectivity index (χ4v) is 4.09. The molecule has 1 aliphatic heterocycles. The van der Waals surface area contributed by atoms with Crippen molar-refractivity contribution in [3.63, 3.8) is 0 Å². The third-order valence-electron chi connectivity index (χ3n) is 5.56. The van der Waals surface area contributed by atoms with Crippen LogP contribution in [-0.4, -0.2) is 33.9 Å². The molecule has 6 nitrogen and oxygen atoms in total. The Hall–Kier alpha value is -3.67. The van der Waals surface area contributed by atoms with E-state index in [0.29, 0.717) is 24.7 Å². The number of carbonyl (C=O) groups is 1. The number of aryl methyl sites for hydroxylation is 1. The van der Waals surface area contributed by atoms with Crippen molar-refractivity contribution in [3.8, 4) is 0 Å². The summed E-state index contributed by atoms with van der Waals surface area (Å²) in [6.07, 6.45) is 3.76. The molecule has 0 saturated heterocycles. The highest BCUT2D eigenvalue weighted by Crippen LogP contribution is 2.28. The molecule has 0 saturated carbocycles. The molecule has 0 spiro atoms. The van der Waals surface area contributed by atoms with Gasteiger partial charge in [-0.05, 0) is 49.1 Å². The van der Waals surface area contributed by atoms with Crippen LogP contribution in [0.2, 0.25) is 0 Å². The van der Waals surface area contributed by atoms with Gasteiger partial charge in [-0.1, -0.05) is 36.4 Å². The maximum absolute atomic E-state index is 13.1. The van der Waals surface area contributed by atoms with Crippen LogP contribution in [0.5, 0.6) is 0 Å². The van der Waals surface area contributed by atoms with Gasteiger partial charge in [0.05, 0.1) is 0 Å². The molecule has 6 heteroatoms. The summed E-state index contributed by atoms with van der Waals surface area (Å²) in [4.78, 5) is 27.2. The average molecular weight is 397 g/mol. The van der Waals surface area contributed by atoms with Crippen molar-refractivity contribution < 1.29 is 4.79 Å². The maximum Gasteiger partial charge on any atom is 0.277 e. The van der Waals surface area contributed by atoms with Gasteiger partial charge in [0.25, 0.3) is 5.91 Å². The summed E-state index contributed by atoms with van der Waals surface area (Å²) in [5.41, 5.74) is 5.76. The van der Waals surface area contributed by atoms with Gasteiger partial charge in [-0.15, -0.1) is 0 Å². The maximum atomic E-state index is 13.1. The van der Waals surface area contributed by atoms with Crippen LogP contribution in [0.25, 0.3) is 10.9 Å². The van der Waals surface area contributed by atoms with Crippen LogP contribution < -0.4 is 10.2 Å². The lowest BCUT2D eigenvalue weighted by atomic mass is 10.1. The zero-order chi connectivity index (χ0) is 20.5. The Bertz CT molecular complexity index is 1230. The first-order valence-electron chi connectivity index (χ1n) is 10.2. The van der Waals surface area contributed by atoms with Crippen molar-refractivity contribution in [2.75, 3.05) is 23.3 Å². The summed E-state index contributed by atoms with van der Waals surface area (Å²) in [6, 6.07) is 18.1. The highest BCUT2D eigenvalue weighted by Gasteiger charge is 2.26. The van der Waals surface area contributed by atoms with E-state index < -0.39 is 0 Å². The van der Waals surface area contributed by atoms with Crippen LogP contribution in [0.15, 0.2) is 60.8 Å². The first kappa shape index (κ1) is 18.4. The van der Waals surface area contributed by atoms with E-state index in [1.807, 2.05) is 48.4 Å². The van der Waals surface area contributed by atoms with Gasteiger partial charge in [0.2, 0.25) is 5.95 Å². The Morgan fingerprint density at radius 3 is 2.90 bits per heavy atom. The fraction of sp³-hybridized carbons (Fsp3) is 0.208. The molecule has 0 atom stereocenters. The van der Waals surface area contributed by atoms with E-state index in [9.17, 15) is 4.79 Å². The quantitative estimate of drug-likeness (QED) is 0.531. The topological polar surface area (TPSA) is 73.9 Å². The highest BCUT2D eigenvalue weighted by molar-refractivity contribution is 6.06. The number of fused-ring (bicyclic) bond motifs is 2. The van der Waals surface area contributed by atoms with E-state index in [4.69, 9.17) is 0 Å². The third-order valence-corrected chi connectivity index (χ3v) is 5.56. The zero-order valence-corrected chi connectivity index (χ0v) is 16.9. The van der Waals surface area contributed by atoms with Crippen LogP contribution >= 0.6 is 0 Å². The lowest BCUT2D eigenvalue weighted by Crippen LogP contribution is -2.30. The monoisotopic (exact) mass is 397 g/mol. The van der Waals surface area contributed by atoms with E-state index in [1.54, 1.807) is 6.07 Å². The first-order chi connectivity index (χ1) is 14.7. The summed E-state index contributed by atoms with van der Waals surface area (Å²) in [7, 11) is 0. The largest absolute Gasteiger partial charge is 0.361 e. The van der Waals surface area contributed by atoms with E-state index in [1.165, 1.54) is 16.5 Å². The fourth-order valence-electron chi connectivity index (χ4n) is 4.09. The predicted octanol–water partition coefficient (Wildman–Crippen LogP) is 4.12. The molecule has 5 rings (SSSR count). The van der Waals surface area contributed by atoms with Gasteiger partial charge in [0.1, 0.15) is 5.69 Å². The van der Waals surface area contributed by atoms with Gasteiger partial charge in [-0.3, -0.25) is 4.79 Å². The second-order valence-corrected chi connectivity index (χ2v) is 7.59. The standard InChI is InChI=1S/C24H23N5O/c1-16-14-21(23(30)29-13-11-17-6-2-5-9-22(17)29)28-24(27-16)25-12-10-18-15-26-20-8-4-3-7-19(18)20/h2-9,14-15,26H,10-13H2,1H3,(H,25,27,28). The number of carbonyl (C=O) groups excluding carboxylic acids is 1. The summed E-state index contributed by atoms with van der Waals surface area (Å²) in [5, 5.41) is 4.52. The minimum absolute atomic E-state index is 0.0786. The first-order valence-corrected chi connectivity index (χ1v) is 10.2. The van der Waals surface area contributed by atoms with Crippen LogP contribution in [-0.2, 0) is 12.8 Å². The molecule has 2 aromatic carbocycles. The number of amides is 1. The molecule has 4 aromatic rings. The predicted molar refractivity (Wildman–Crippen MR) is 119 cm³/mol. The second kappa shape index (κ2) is 7.63. The Balaban J connectivity index is 1.31. The molecule has 3 heterocycles. The van der Waals surface area contributed by atoms with E-state index >= 15 is 0 Å². The van der Waals surface area contributed by atoms with Crippen molar-refractivity contribution in [1.29, 1.82) is 0 Å². The van der Waals surface area contributed by atoms with E-state index in [-0.39, 0.29) is 5.91 Å². The molecule has 0 radical (unpaired) electrons. The van der Waals surface area contributed by atoms with E-state index in [0.717, 1.165) is 29.7 Å². The Morgan fingerprint density at radius 1 is 1.13 bits per heavy atom. The number of benzene rings is 2. The molecule has 0 aliphatic carbocycles. The van der Waals surface area contributed by atoms with Crippen LogP contribution in [0.1, 0.15) is 27.3 Å².